The number of nitrogens with one attached hydrogen (secondary N) is 2. The lowest BCUT2D eigenvalue weighted by molar-refractivity contribution is -0.134. The lowest BCUT2D eigenvalue weighted by Crippen LogP contribution is -2.41. The van der Waals surface area contributed by atoms with Crippen molar-refractivity contribution in [2.24, 2.45) is 5.41 Å². The van der Waals surface area contributed by atoms with Crippen LogP contribution in [-0.4, -0.2) is 17.9 Å². The molecular weight excluding hydrogens is 276 g/mol. The van der Waals surface area contributed by atoms with Crippen LogP contribution in [0.1, 0.15) is 31.2 Å². The Kier molecular flexibility index (Phi) is 3.21. The van der Waals surface area contributed by atoms with E-state index in [2.05, 4.69) is 10.6 Å². The second-order valence-corrected chi connectivity index (χ2v) is 6.10. The summed E-state index contributed by atoms with van der Waals surface area (Å²) >= 11 is 6.04. The Labute approximate surface area is 122 Å². The van der Waals surface area contributed by atoms with Crippen molar-refractivity contribution in [3.63, 3.8) is 0 Å². The Morgan fingerprint density at radius 3 is 2.55 bits per heavy atom. The number of benzene rings is 1. The van der Waals surface area contributed by atoms with Gasteiger partial charge in [0.25, 0.3) is 0 Å². The van der Waals surface area contributed by atoms with E-state index in [1.807, 2.05) is 6.92 Å². The molecule has 2 aliphatic carbocycles. The second-order valence-electron chi connectivity index (χ2n) is 5.70. The van der Waals surface area contributed by atoms with E-state index in [1.165, 1.54) is 0 Å². The van der Waals surface area contributed by atoms with Crippen molar-refractivity contribution in [1.29, 1.82) is 0 Å². The van der Waals surface area contributed by atoms with Crippen molar-refractivity contribution in [1.82, 2.24) is 5.32 Å². The van der Waals surface area contributed by atoms with Gasteiger partial charge in [-0.05, 0) is 50.3 Å². The van der Waals surface area contributed by atoms with E-state index in [0.29, 0.717) is 23.6 Å². The largest absolute Gasteiger partial charge is 0.352 e. The highest BCUT2D eigenvalue weighted by Gasteiger charge is 2.57. The Hall–Kier alpha value is -1.55. The number of hydrogen-bond acceptors (Lipinski definition) is 2. The number of amides is 2. The third-order valence-electron chi connectivity index (χ3n) is 4.05. The number of halogens is 1. The van der Waals surface area contributed by atoms with Gasteiger partial charge in [0.05, 0.1) is 0 Å². The lowest BCUT2D eigenvalue weighted by Gasteiger charge is -2.16. The van der Waals surface area contributed by atoms with Gasteiger partial charge in [-0.1, -0.05) is 17.7 Å². The molecule has 2 fully saturated rings. The zero-order chi connectivity index (χ0) is 14.3. The maximum atomic E-state index is 12.4. The van der Waals surface area contributed by atoms with Crippen molar-refractivity contribution in [2.45, 2.75) is 38.6 Å². The van der Waals surface area contributed by atoms with Gasteiger partial charge in [0.1, 0.15) is 5.41 Å². The van der Waals surface area contributed by atoms with Crippen LogP contribution < -0.4 is 10.6 Å². The number of anilines is 1. The average Bonchev–Trinajstić information content (AvgIpc) is 3.27. The molecule has 0 bridgehead atoms. The topological polar surface area (TPSA) is 58.2 Å². The van der Waals surface area contributed by atoms with Gasteiger partial charge in [0.15, 0.2) is 0 Å². The Bertz CT molecular complexity index is 577. The molecule has 0 spiro atoms. The Morgan fingerprint density at radius 1 is 1.25 bits per heavy atom. The number of carbonyl (C=O) groups is 2. The molecule has 2 amide bonds. The second kappa shape index (κ2) is 4.77. The van der Waals surface area contributed by atoms with E-state index in [1.54, 1.807) is 18.2 Å². The standard InChI is InChI=1S/C15H17ClN2O2/c1-9-11(16)3-2-4-12(9)18-14(20)15(7-8-15)13(19)17-10-5-6-10/h2-4,10H,5-8H2,1H3,(H,17,19)(H,18,20). The fraction of sp³-hybridized carbons (Fsp3) is 0.467. The van der Waals surface area contributed by atoms with Crippen LogP contribution in [0.4, 0.5) is 5.69 Å². The van der Waals surface area contributed by atoms with Gasteiger partial charge in [-0.3, -0.25) is 9.59 Å². The molecule has 106 valence electrons. The van der Waals surface area contributed by atoms with E-state index < -0.39 is 5.41 Å². The summed E-state index contributed by atoms with van der Waals surface area (Å²) in [4.78, 5) is 24.6. The van der Waals surface area contributed by atoms with Gasteiger partial charge in [0, 0.05) is 16.8 Å². The van der Waals surface area contributed by atoms with Crippen LogP contribution in [0, 0.1) is 12.3 Å². The van der Waals surface area contributed by atoms with E-state index in [-0.39, 0.29) is 17.9 Å². The van der Waals surface area contributed by atoms with Crippen LogP contribution in [0.3, 0.4) is 0 Å². The molecule has 3 rings (SSSR count). The molecule has 1 aromatic carbocycles. The summed E-state index contributed by atoms with van der Waals surface area (Å²) in [6.45, 7) is 1.85. The maximum Gasteiger partial charge on any atom is 0.240 e. The first kappa shape index (κ1) is 13.4. The first-order valence-corrected chi connectivity index (χ1v) is 7.28. The third-order valence-corrected chi connectivity index (χ3v) is 4.46. The molecule has 4 nitrogen and oxygen atoms in total. The summed E-state index contributed by atoms with van der Waals surface area (Å²) in [6, 6.07) is 5.64. The molecule has 2 aliphatic rings. The molecule has 1 aromatic rings. The predicted molar refractivity (Wildman–Crippen MR) is 77.7 cm³/mol. The summed E-state index contributed by atoms with van der Waals surface area (Å²) in [5.74, 6) is -0.349. The SMILES string of the molecule is Cc1c(Cl)cccc1NC(=O)C1(C(=O)NC2CC2)CC1. The summed E-state index contributed by atoms with van der Waals surface area (Å²) in [7, 11) is 0. The summed E-state index contributed by atoms with van der Waals surface area (Å²) < 4.78 is 0. The van der Waals surface area contributed by atoms with Gasteiger partial charge in [-0.2, -0.15) is 0 Å². The van der Waals surface area contributed by atoms with Gasteiger partial charge >= 0.3 is 0 Å². The molecule has 0 aromatic heterocycles. The minimum absolute atomic E-state index is 0.128. The van der Waals surface area contributed by atoms with Gasteiger partial charge in [-0.25, -0.2) is 0 Å². The number of carbonyl (C=O) groups excluding carboxylic acids is 2. The maximum absolute atomic E-state index is 12.4. The van der Waals surface area contributed by atoms with Crippen LogP contribution in [0.5, 0.6) is 0 Å². The molecule has 2 N–H and O–H groups in total. The van der Waals surface area contributed by atoms with E-state index in [9.17, 15) is 9.59 Å². The Morgan fingerprint density at radius 2 is 1.95 bits per heavy atom. The van der Waals surface area contributed by atoms with Crippen LogP contribution in [0.2, 0.25) is 5.02 Å². The third kappa shape index (κ3) is 2.40. The molecule has 0 radical (unpaired) electrons. The molecule has 0 unspecified atom stereocenters. The van der Waals surface area contributed by atoms with Crippen LogP contribution >= 0.6 is 11.6 Å². The van der Waals surface area contributed by atoms with Crippen molar-refractivity contribution >= 4 is 29.1 Å². The molecular formula is C15H17ClN2O2. The van der Waals surface area contributed by atoms with Gasteiger partial charge in [-0.15, -0.1) is 0 Å². The van der Waals surface area contributed by atoms with Gasteiger partial charge in [0.2, 0.25) is 11.8 Å². The summed E-state index contributed by atoms with van der Waals surface area (Å²) in [5, 5.41) is 6.37. The molecule has 2 saturated carbocycles. The number of rotatable bonds is 4. The quantitative estimate of drug-likeness (QED) is 0.838. The average molecular weight is 293 g/mol. The summed E-state index contributed by atoms with van der Waals surface area (Å²) in [6.07, 6.45) is 3.29. The van der Waals surface area contributed by atoms with E-state index in [4.69, 9.17) is 11.6 Å². The normalized spacial score (nSPS) is 19.3. The monoisotopic (exact) mass is 292 g/mol. The zero-order valence-electron chi connectivity index (χ0n) is 11.3. The molecule has 0 aliphatic heterocycles. The van der Waals surface area contributed by atoms with Crippen molar-refractivity contribution < 1.29 is 9.59 Å². The molecule has 20 heavy (non-hydrogen) atoms. The first-order chi connectivity index (χ1) is 9.53. The highest BCUT2D eigenvalue weighted by atomic mass is 35.5. The minimum Gasteiger partial charge on any atom is -0.352 e. The first-order valence-electron chi connectivity index (χ1n) is 6.90. The van der Waals surface area contributed by atoms with Crippen LogP contribution in [0.25, 0.3) is 0 Å². The zero-order valence-corrected chi connectivity index (χ0v) is 12.1. The van der Waals surface area contributed by atoms with Crippen molar-refractivity contribution in [2.75, 3.05) is 5.32 Å². The predicted octanol–water partition coefficient (Wildman–Crippen LogP) is 2.65. The molecule has 0 heterocycles. The smallest absolute Gasteiger partial charge is 0.240 e. The van der Waals surface area contributed by atoms with Crippen LogP contribution in [0.15, 0.2) is 18.2 Å². The molecule has 0 atom stereocenters. The molecule has 0 saturated heterocycles. The van der Waals surface area contributed by atoms with Crippen molar-refractivity contribution in [3.8, 4) is 0 Å². The van der Waals surface area contributed by atoms with E-state index in [0.717, 1.165) is 18.4 Å². The minimum atomic E-state index is -0.864. The number of hydrogen-bond donors (Lipinski definition) is 2. The van der Waals surface area contributed by atoms with Crippen LogP contribution in [-0.2, 0) is 9.59 Å². The van der Waals surface area contributed by atoms with Crippen molar-refractivity contribution in [3.05, 3.63) is 28.8 Å². The highest BCUT2D eigenvalue weighted by Crippen LogP contribution is 2.47. The van der Waals surface area contributed by atoms with Gasteiger partial charge < -0.3 is 10.6 Å². The van der Waals surface area contributed by atoms with E-state index >= 15 is 0 Å². The fourth-order valence-electron chi connectivity index (χ4n) is 2.22. The highest BCUT2D eigenvalue weighted by molar-refractivity contribution is 6.31. The Balaban J connectivity index is 1.72. The lowest BCUT2D eigenvalue weighted by atomic mass is 10.0. The molecule has 5 heteroatoms. The summed E-state index contributed by atoms with van der Waals surface area (Å²) in [5.41, 5.74) is 0.631. The fourth-order valence-corrected chi connectivity index (χ4v) is 2.39.